The summed E-state index contributed by atoms with van der Waals surface area (Å²) in [4.78, 5) is 4.30. The molecular weight excluding hydrogens is 210 g/mol. The molecule has 0 saturated heterocycles. The van der Waals surface area contributed by atoms with E-state index in [0.29, 0.717) is 11.1 Å². The van der Waals surface area contributed by atoms with Gasteiger partial charge in [-0.25, -0.2) is 4.98 Å². The van der Waals surface area contributed by atoms with Crippen LogP contribution >= 0.6 is 11.6 Å². The zero-order valence-electron chi connectivity index (χ0n) is 9.55. The maximum Gasteiger partial charge on any atom is 0.129 e. The third-order valence-corrected chi connectivity index (χ3v) is 2.71. The molecule has 84 valence electrons. The van der Waals surface area contributed by atoms with Crippen molar-refractivity contribution in [3.8, 4) is 0 Å². The molecule has 1 heterocycles. The van der Waals surface area contributed by atoms with Gasteiger partial charge in [-0.2, -0.15) is 0 Å². The average molecular weight is 228 g/mol. The Kier molecular flexibility index (Phi) is 4.55. The first-order chi connectivity index (χ1) is 7.22. The molecule has 15 heavy (non-hydrogen) atoms. The van der Waals surface area contributed by atoms with Gasteiger partial charge in [0.05, 0.1) is 6.61 Å². The molecule has 1 aromatic rings. The summed E-state index contributed by atoms with van der Waals surface area (Å²) in [5.41, 5.74) is 3.09. The van der Waals surface area contributed by atoms with Crippen molar-refractivity contribution in [3.05, 3.63) is 28.0 Å². The van der Waals surface area contributed by atoms with Crippen LogP contribution in [0.25, 0.3) is 0 Å². The van der Waals surface area contributed by atoms with Crippen LogP contribution in [0.15, 0.2) is 6.07 Å². The van der Waals surface area contributed by atoms with E-state index >= 15 is 0 Å². The lowest BCUT2D eigenvalue weighted by Crippen LogP contribution is -1.98. The molecule has 0 atom stereocenters. The summed E-state index contributed by atoms with van der Waals surface area (Å²) < 4.78 is 0. The Labute approximate surface area is 96.3 Å². The highest BCUT2D eigenvalue weighted by molar-refractivity contribution is 6.29. The van der Waals surface area contributed by atoms with E-state index in [1.165, 1.54) is 12.8 Å². The molecular formula is C12H18ClNO. The Bertz CT molecular complexity index is 335. The van der Waals surface area contributed by atoms with E-state index in [1.54, 1.807) is 6.07 Å². The number of pyridine rings is 1. The predicted molar refractivity (Wildman–Crippen MR) is 63.2 cm³/mol. The monoisotopic (exact) mass is 227 g/mol. The highest BCUT2D eigenvalue weighted by atomic mass is 35.5. The number of hydrogen-bond donors (Lipinski definition) is 1. The first-order valence-electron chi connectivity index (χ1n) is 5.49. The molecule has 0 aromatic carbocycles. The lowest BCUT2D eigenvalue weighted by atomic mass is 10.1. The number of hydrogen-bond acceptors (Lipinski definition) is 2. The van der Waals surface area contributed by atoms with Gasteiger partial charge in [-0.05, 0) is 37.0 Å². The van der Waals surface area contributed by atoms with Crippen LogP contribution in [-0.2, 0) is 6.61 Å². The van der Waals surface area contributed by atoms with E-state index in [-0.39, 0.29) is 6.61 Å². The van der Waals surface area contributed by atoms with Crippen molar-refractivity contribution >= 4 is 11.6 Å². The predicted octanol–water partition coefficient (Wildman–Crippen LogP) is 3.44. The van der Waals surface area contributed by atoms with E-state index in [4.69, 9.17) is 16.7 Å². The molecule has 0 bridgehead atoms. The minimum atomic E-state index is 0.0494. The van der Waals surface area contributed by atoms with Crippen molar-refractivity contribution in [2.24, 2.45) is 0 Å². The van der Waals surface area contributed by atoms with Crippen LogP contribution in [0, 0.1) is 6.92 Å². The summed E-state index contributed by atoms with van der Waals surface area (Å²) in [5.74, 6) is 0.587. The van der Waals surface area contributed by atoms with Crippen LogP contribution in [-0.4, -0.2) is 10.1 Å². The standard InChI is InChI=1S/C10H12ClNO.C2H6/c1-6-8(5-13)4-9(11)12-10(6)7-2-3-7;1-2/h4,7,13H,2-3,5H2,1H3;1-2H3. The summed E-state index contributed by atoms with van der Waals surface area (Å²) in [6.07, 6.45) is 2.41. The summed E-state index contributed by atoms with van der Waals surface area (Å²) in [5, 5.41) is 9.58. The molecule has 1 aromatic heterocycles. The van der Waals surface area contributed by atoms with E-state index in [0.717, 1.165) is 16.8 Å². The fourth-order valence-corrected chi connectivity index (χ4v) is 1.79. The number of rotatable bonds is 2. The Hall–Kier alpha value is -0.600. The Morgan fingerprint density at radius 1 is 1.47 bits per heavy atom. The van der Waals surface area contributed by atoms with Crippen molar-refractivity contribution in [2.45, 2.75) is 46.1 Å². The van der Waals surface area contributed by atoms with Crippen molar-refractivity contribution < 1.29 is 5.11 Å². The van der Waals surface area contributed by atoms with Crippen molar-refractivity contribution in [3.63, 3.8) is 0 Å². The van der Waals surface area contributed by atoms with Crippen LogP contribution < -0.4 is 0 Å². The van der Waals surface area contributed by atoms with Gasteiger partial charge in [0.2, 0.25) is 0 Å². The SMILES string of the molecule is CC.Cc1c(CO)cc(Cl)nc1C1CC1. The third-order valence-electron chi connectivity index (χ3n) is 2.52. The van der Waals surface area contributed by atoms with Crippen LogP contribution in [0.4, 0.5) is 0 Å². The van der Waals surface area contributed by atoms with Gasteiger partial charge in [0, 0.05) is 11.6 Å². The normalized spacial score (nSPS) is 14.5. The van der Waals surface area contributed by atoms with E-state index in [9.17, 15) is 0 Å². The highest BCUT2D eigenvalue weighted by Gasteiger charge is 2.27. The van der Waals surface area contributed by atoms with E-state index in [2.05, 4.69) is 4.98 Å². The van der Waals surface area contributed by atoms with Crippen LogP contribution in [0.1, 0.15) is 49.4 Å². The molecule has 0 amide bonds. The summed E-state index contributed by atoms with van der Waals surface area (Å²) in [7, 11) is 0. The van der Waals surface area contributed by atoms with Crippen molar-refractivity contribution in [1.82, 2.24) is 4.98 Å². The number of aliphatic hydroxyl groups is 1. The second-order valence-electron chi connectivity index (χ2n) is 3.55. The summed E-state index contributed by atoms with van der Waals surface area (Å²) >= 11 is 5.85. The molecule has 1 N–H and O–H groups in total. The third kappa shape index (κ3) is 2.93. The lowest BCUT2D eigenvalue weighted by Gasteiger charge is -2.08. The number of aromatic nitrogens is 1. The second-order valence-corrected chi connectivity index (χ2v) is 3.93. The highest BCUT2D eigenvalue weighted by Crippen LogP contribution is 2.41. The van der Waals surface area contributed by atoms with Gasteiger partial charge in [-0.15, -0.1) is 0 Å². The molecule has 0 radical (unpaired) electrons. The molecule has 0 aliphatic heterocycles. The molecule has 1 saturated carbocycles. The quantitative estimate of drug-likeness (QED) is 0.786. The van der Waals surface area contributed by atoms with Gasteiger partial charge in [0.25, 0.3) is 0 Å². The van der Waals surface area contributed by atoms with Crippen LogP contribution in [0.2, 0.25) is 5.15 Å². The molecule has 1 fully saturated rings. The molecule has 2 nitrogen and oxygen atoms in total. The van der Waals surface area contributed by atoms with Crippen molar-refractivity contribution in [2.75, 3.05) is 0 Å². The Morgan fingerprint density at radius 3 is 2.53 bits per heavy atom. The Morgan fingerprint density at radius 2 is 2.07 bits per heavy atom. The lowest BCUT2D eigenvalue weighted by molar-refractivity contribution is 0.280. The van der Waals surface area contributed by atoms with E-state index in [1.807, 2.05) is 20.8 Å². The number of nitrogens with zero attached hydrogens (tertiary/aromatic N) is 1. The molecule has 2 rings (SSSR count). The van der Waals surface area contributed by atoms with Gasteiger partial charge >= 0.3 is 0 Å². The minimum absolute atomic E-state index is 0.0494. The smallest absolute Gasteiger partial charge is 0.129 e. The largest absolute Gasteiger partial charge is 0.392 e. The zero-order chi connectivity index (χ0) is 11.4. The van der Waals surface area contributed by atoms with Gasteiger partial charge in [-0.1, -0.05) is 25.4 Å². The molecule has 1 aliphatic carbocycles. The second kappa shape index (κ2) is 5.47. The van der Waals surface area contributed by atoms with Crippen molar-refractivity contribution in [1.29, 1.82) is 0 Å². The first-order valence-corrected chi connectivity index (χ1v) is 5.87. The fourth-order valence-electron chi connectivity index (χ4n) is 1.57. The first kappa shape index (κ1) is 12.5. The van der Waals surface area contributed by atoms with Gasteiger partial charge in [-0.3, -0.25) is 0 Å². The molecule has 0 unspecified atom stereocenters. The number of halogens is 1. The molecule has 1 aliphatic rings. The number of aliphatic hydroxyl groups excluding tert-OH is 1. The Balaban J connectivity index is 0.000000531. The molecule has 0 spiro atoms. The van der Waals surface area contributed by atoms with Gasteiger partial charge < -0.3 is 5.11 Å². The zero-order valence-corrected chi connectivity index (χ0v) is 10.3. The maximum absolute atomic E-state index is 9.08. The molecule has 3 heteroatoms. The fraction of sp³-hybridized carbons (Fsp3) is 0.583. The van der Waals surface area contributed by atoms with E-state index < -0.39 is 0 Å². The summed E-state index contributed by atoms with van der Waals surface area (Å²) in [6, 6.07) is 1.74. The van der Waals surface area contributed by atoms with Crippen LogP contribution in [0.3, 0.4) is 0 Å². The maximum atomic E-state index is 9.08. The van der Waals surface area contributed by atoms with Crippen LogP contribution in [0.5, 0.6) is 0 Å². The summed E-state index contributed by atoms with van der Waals surface area (Å²) in [6.45, 7) is 6.05. The topological polar surface area (TPSA) is 33.1 Å². The van der Waals surface area contributed by atoms with Gasteiger partial charge in [0.15, 0.2) is 0 Å². The van der Waals surface area contributed by atoms with Gasteiger partial charge in [0.1, 0.15) is 5.15 Å². The average Bonchev–Trinajstić information content (AvgIpc) is 3.07. The minimum Gasteiger partial charge on any atom is -0.392 e.